The number of quaternary nitrogens is 4. The van der Waals surface area contributed by atoms with Gasteiger partial charge in [-0.1, -0.05) is 61.9 Å². The van der Waals surface area contributed by atoms with E-state index >= 15 is 0 Å². The Morgan fingerprint density at radius 1 is 0.348 bits per heavy atom. The Balaban J connectivity index is 1.72. The minimum atomic E-state index is 0.218. The topological polar surface area (TPSA) is 97.6 Å². The number of benzene rings is 3. The first-order chi connectivity index (χ1) is 31.5. The average molecular weight is 921 g/mol. The summed E-state index contributed by atoms with van der Waals surface area (Å²) in [6, 6.07) is 20.9. The van der Waals surface area contributed by atoms with Crippen LogP contribution < -0.4 is 18.9 Å². The molecule has 0 saturated heterocycles. The Hall–Kier alpha value is -3.94. The van der Waals surface area contributed by atoms with Gasteiger partial charge in [-0.2, -0.15) is 0 Å². The molecule has 0 aliphatic heterocycles. The third kappa shape index (κ3) is 24.7. The fourth-order valence-corrected chi connectivity index (χ4v) is 8.08. The van der Waals surface area contributed by atoms with Gasteiger partial charge in [0.05, 0.1) is 135 Å². The molecule has 0 heterocycles. The first-order valence-electron chi connectivity index (χ1n) is 24.8. The van der Waals surface area contributed by atoms with Gasteiger partial charge in [-0.05, 0) is 52.9 Å². The van der Waals surface area contributed by atoms with Crippen molar-refractivity contribution < 1.29 is 52.2 Å². The normalized spacial score (nSPS) is 12.7. The van der Waals surface area contributed by atoms with E-state index in [1.807, 2.05) is 12.1 Å². The summed E-state index contributed by atoms with van der Waals surface area (Å²) >= 11 is 0. The number of rotatable bonds is 36. The fourth-order valence-electron chi connectivity index (χ4n) is 8.08. The molecule has 0 bridgehead atoms. The van der Waals surface area contributed by atoms with Gasteiger partial charge < -0.3 is 52.2 Å². The van der Waals surface area contributed by atoms with Crippen LogP contribution in [0.15, 0.2) is 60.7 Å². The van der Waals surface area contributed by atoms with Crippen LogP contribution in [0.4, 0.5) is 0 Å². The molecule has 3 N–H and O–H groups in total. The van der Waals surface area contributed by atoms with Crippen molar-refractivity contribution in [2.24, 2.45) is 0 Å². The van der Waals surface area contributed by atoms with Crippen molar-refractivity contribution >= 4 is 24.3 Å². The zero-order valence-electron chi connectivity index (χ0n) is 42.8. The molecule has 11 nitrogen and oxygen atoms in total. The highest BCUT2D eigenvalue weighted by molar-refractivity contribution is 5.74. The van der Waals surface area contributed by atoms with Crippen molar-refractivity contribution in [3.63, 3.8) is 0 Å². The molecule has 0 fully saturated rings. The summed E-state index contributed by atoms with van der Waals surface area (Å²) in [6.45, 7) is 13.4. The molecule has 0 aliphatic carbocycles. The van der Waals surface area contributed by atoms with Crippen molar-refractivity contribution in [2.45, 2.75) is 64.7 Å². The molecule has 0 spiro atoms. The van der Waals surface area contributed by atoms with E-state index in [0.29, 0.717) is 26.4 Å². The second-order valence-electron chi connectivity index (χ2n) is 20.7. The smallest absolute Gasteiger partial charge is 0.123 e. The van der Waals surface area contributed by atoms with Gasteiger partial charge in [0.25, 0.3) is 0 Å². The van der Waals surface area contributed by atoms with E-state index in [0.717, 1.165) is 154 Å². The number of aliphatic hydroxyl groups excluding tert-OH is 3. The largest absolute Gasteiger partial charge is 0.493 e. The Morgan fingerprint density at radius 3 is 0.848 bits per heavy atom. The molecule has 0 unspecified atom stereocenters. The minimum Gasteiger partial charge on any atom is -0.493 e. The van der Waals surface area contributed by atoms with Gasteiger partial charge in [-0.3, -0.25) is 0 Å². The summed E-state index contributed by atoms with van der Waals surface area (Å²) < 4.78 is 28.8. The van der Waals surface area contributed by atoms with Gasteiger partial charge >= 0.3 is 0 Å². The Kier molecular flexibility index (Phi) is 25.4. The summed E-state index contributed by atoms with van der Waals surface area (Å²) in [6.07, 6.45) is 17.1. The second-order valence-corrected chi connectivity index (χ2v) is 20.7. The molecular weight excluding hydrogens is 829 g/mol. The molecule has 11 heteroatoms. The van der Waals surface area contributed by atoms with Crippen molar-refractivity contribution in [2.75, 3.05) is 155 Å². The van der Waals surface area contributed by atoms with Crippen LogP contribution >= 0.6 is 0 Å². The highest BCUT2D eigenvalue weighted by atomic mass is 16.5. The van der Waals surface area contributed by atoms with Crippen LogP contribution in [-0.2, 0) is 0 Å². The SMILES string of the molecule is CCCC[N+](C)(C)CCCOc1cc(/C=C/c2ccc(/C=C/c3cc(OCCC[N+](C)(C)CCCO)cc(OCCC[N+](C)(C)CCCO)c3)cc2)cc(OCCC[N+](C)(C)CCCO)c1. The van der Waals surface area contributed by atoms with Gasteiger partial charge in [-0.15, -0.1) is 0 Å². The highest BCUT2D eigenvalue weighted by Crippen LogP contribution is 2.27. The molecule has 3 aromatic rings. The second kappa shape index (κ2) is 29.7. The predicted molar refractivity (Wildman–Crippen MR) is 275 cm³/mol. The van der Waals surface area contributed by atoms with Crippen molar-refractivity contribution in [3.05, 3.63) is 82.9 Å². The van der Waals surface area contributed by atoms with Crippen LogP contribution in [0, 0.1) is 0 Å². The fraction of sp³-hybridized carbons (Fsp3) is 0.600. The van der Waals surface area contributed by atoms with Crippen molar-refractivity contribution in [3.8, 4) is 23.0 Å². The summed E-state index contributed by atoms with van der Waals surface area (Å²) in [5, 5.41) is 27.9. The predicted octanol–water partition coefficient (Wildman–Crippen LogP) is 8.36. The monoisotopic (exact) mass is 921 g/mol. The molecular formula is C55H92N4O7+4. The van der Waals surface area contributed by atoms with Crippen LogP contribution in [0.2, 0.25) is 0 Å². The number of unbranched alkanes of at least 4 members (excludes halogenated alkanes) is 1. The molecule has 0 aliphatic rings. The van der Waals surface area contributed by atoms with E-state index in [9.17, 15) is 15.3 Å². The molecule has 0 amide bonds. The summed E-state index contributed by atoms with van der Waals surface area (Å²) in [4.78, 5) is 0. The lowest BCUT2D eigenvalue weighted by molar-refractivity contribution is -0.890. The van der Waals surface area contributed by atoms with Gasteiger partial charge in [0, 0.05) is 76.9 Å². The molecule has 370 valence electrons. The van der Waals surface area contributed by atoms with Gasteiger partial charge in [-0.25, -0.2) is 0 Å². The number of ether oxygens (including phenoxy) is 4. The Bertz CT molecular complexity index is 1620. The summed E-state index contributed by atoms with van der Waals surface area (Å²) in [5.74, 6) is 3.21. The molecule has 0 aromatic heterocycles. The van der Waals surface area contributed by atoms with Crippen LogP contribution in [0.5, 0.6) is 23.0 Å². The zero-order chi connectivity index (χ0) is 48.3. The molecule has 3 aromatic carbocycles. The lowest BCUT2D eigenvalue weighted by atomic mass is 10.1. The molecule has 66 heavy (non-hydrogen) atoms. The molecule has 0 radical (unpaired) electrons. The third-order valence-corrected chi connectivity index (χ3v) is 12.3. The van der Waals surface area contributed by atoms with Crippen molar-refractivity contribution in [1.29, 1.82) is 0 Å². The molecule has 0 atom stereocenters. The van der Waals surface area contributed by atoms with Gasteiger partial charge in [0.15, 0.2) is 0 Å². The summed E-state index contributed by atoms with van der Waals surface area (Å²) in [7, 11) is 17.8. The average Bonchev–Trinajstić information content (AvgIpc) is 3.28. The minimum absolute atomic E-state index is 0.218. The maximum atomic E-state index is 9.30. The van der Waals surface area contributed by atoms with E-state index in [2.05, 4.69) is 136 Å². The van der Waals surface area contributed by atoms with Crippen LogP contribution in [-0.4, -0.2) is 188 Å². The van der Waals surface area contributed by atoms with E-state index in [-0.39, 0.29) is 19.8 Å². The van der Waals surface area contributed by atoms with E-state index in [4.69, 9.17) is 18.9 Å². The van der Waals surface area contributed by atoms with Gasteiger partial charge in [0.1, 0.15) is 23.0 Å². The van der Waals surface area contributed by atoms with Crippen LogP contribution in [0.25, 0.3) is 24.3 Å². The molecule has 0 saturated carbocycles. The maximum absolute atomic E-state index is 9.30. The first kappa shape index (κ1) is 56.4. The number of hydrogen-bond donors (Lipinski definition) is 3. The molecule has 3 rings (SSSR count). The van der Waals surface area contributed by atoms with E-state index < -0.39 is 0 Å². The highest BCUT2D eigenvalue weighted by Gasteiger charge is 2.17. The summed E-state index contributed by atoms with van der Waals surface area (Å²) in [5.41, 5.74) is 4.22. The lowest BCUT2D eigenvalue weighted by Gasteiger charge is -2.29. The van der Waals surface area contributed by atoms with Crippen LogP contribution in [0.3, 0.4) is 0 Å². The zero-order valence-corrected chi connectivity index (χ0v) is 42.8. The number of nitrogens with zero attached hydrogens (tertiary/aromatic N) is 4. The van der Waals surface area contributed by atoms with Crippen molar-refractivity contribution in [1.82, 2.24) is 0 Å². The maximum Gasteiger partial charge on any atom is 0.123 e. The number of hydrogen-bond acceptors (Lipinski definition) is 7. The van der Waals surface area contributed by atoms with Gasteiger partial charge in [0.2, 0.25) is 0 Å². The lowest BCUT2D eigenvalue weighted by Crippen LogP contribution is -2.42. The number of aliphatic hydroxyl groups is 3. The Morgan fingerprint density at radius 2 is 0.591 bits per heavy atom. The quantitative estimate of drug-likeness (QED) is 0.0307. The Labute approximate surface area is 400 Å². The van der Waals surface area contributed by atoms with E-state index in [1.165, 1.54) is 19.4 Å². The van der Waals surface area contributed by atoms with Crippen LogP contribution in [0.1, 0.15) is 87.0 Å². The first-order valence-corrected chi connectivity index (χ1v) is 24.8. The van der Waals surface area contributed by atoms with E-state index in [1.54, 1.807) is 0 Å². The third-order valence-electron chi connectivity index (χ3n) is 12.3. The standard InChI is InChI=1S/C55H92N4O7/c1-10-11-27-56(2,3)31-15-38-63-52-42-50(43-53(46-52)64-39-16-32-57(4,5)28-12-35-60)25-23-48-19-21-49(22-20-48)24-26-51-44-54(65-40-17-33-58(6,7)29-13-36-61)47-55(45-51)66-41-18-34-59(8,9)30-14-37-62/h19-26,42-47,60-62H,10-18,27-41H2,1-9H3/q+4/b25-23+,26-24+.